The summed E-state index contributed by atoms with van der Waals surface area (Å²) < 4.78 is 11.2. The molecule has 1 unspecified atom stereocenters. The van der Waals surface area contributed by atoms with E-state index in [-0.39, 0.29) is 5.60 Å². The van der Waals surface area contributed by atoms with Gasteiger partial charge in [-0.2, -0.15) is 0 Å². The predicted octanol–water partition coefficient (Wildman–Crippen LogP) is 3.81. The van der Waals surface area contributed by atoms with E-state index in [1.165, 1.54) is 12.0 Å². The fourth-order valence-corrected chi connectivity index (χ4v) is 2.05. The molecule has 21 heavy (non-hydrogen) atoms. The molecule has 1 aromatic carbocycles. The van der Waals surface area contributed by atoms with Crippen LogP contribution in [0.25, 0.3) is 0 Å². The Labute approximate surface area is 130 Å². The van der Waals surface area contributed by atoms with Crippen molar-refractivity contribution in [2.45, 2.75) is 58.6 Å². The van der Waals surface area contributed by atoms with Crippen LogP contribution in [0.1, 0.15) is 46.1 Å². The smallest absolute Gasteiger partial charge is 0.119 e. The van der Waals surface area contributed by atoms with Crippen molar-refractivity contribution in [3.63, 3.8) is 0 Å². The maximum Gasteiger partial charge on any atom is 0.119 e. The summed E-state index contributed by atoms with van der Waals surface area (Å²) in [6, 6.07) is 8.93. The third-order valence-electron chi connectivity index (χ3n) is 3.73. The zero-order valence-electron chi connectivity index (χ0n) is 14.2. The summed E-state index contributed by atoms with van der Waals surface area (Å²) in [4.78, 5) is 0. The molecule has 0 bridgehead atoms. The number of rotatable bonds is 10. The Morgan fingerprint density at radius 2 is 1.86 bits per heavy atom. The molecule has 0 aliphatic carbocycles. The Kier molecular flexibility index (Phi) is 7.76. The zero-order chi connectivity index (χ0) is 15.7. The zero-order valence-corrected chi connectivity index (χ0v) is 14.2. The van der Waals surface area contributed by atoms with Crippen molar-refractivity contribution < 1.29 is 9.47 Å². The van der Waals surface area contributed by atoms with E-state index in [1.807, 2.05) is 0 Å². The van der Waals surface area contributed by atoms with Crippen molar-refractivity contribution in [2.75, 3.05) is 20.3 Å². The van der Waals surface area contributed by atoms with Crippen molar-refractivity contribution >= 4 is 0 Å². The first kappa shape index (κ1) is 18.0. The van der Waals surface area contributed by atoms with Crippen LogP contribution in [-0.2, 0) is 11.2 Å². The molecule has 3 heteroatoms. The van der Waals surface area contributed by atoms with Gasteiger partial charge in [-0.1, -0.05) is 19.1 Å². The summed E-state index contributed by atoms with van der Waals surface area (Å²) in [6.45, 7) is 10.3. The van der Waals surface area contributed by atoms with Gasteiger partial charge in [0.1, 0.15) is 5.75 Å². The van der Waals surface area contributed by atoms with Gasteiger partial charge in [-0.05, 0) is 57.9 Å². The minimum absolute atomic E-state index is 0.125. The van der Waals surface area contributed by atoms with E-state index in [2.05, 4.69) is 57.3 Å². The van der Waals surface area contributed by atoms with Gasteiger partial charge in [-0.25, -0.2) is 0 Å². The standard InChI is InChI=1S/C18H31NO2/c1-6-12-19-15(2)14-16-7-9-17(10-8-16)21-13-11-18(3,4)20-5/h7-10,15,19H,6,11-14H2,1-5H3. The third-order valence-corrected chi connectivity index (χ3v) is 3.73. The van der Waals surface area contributed by atoms with Crippen molar-refractivity contribution in [2.24, 2.45) is 0 Å². The molecule has 0 saturated heterocycles. The van der Waals surface area contributed by atoms with Gasteiger partial charge in [0.05, 0.1) is 12.2 Å². The fourth-order valence-electron chi connectivity index (χ4n) is 2.05. The van der Waals surface area contributed by atoms with Gasteiger partial charge in [0, 0.05) is 19.6 Å². The summed E-state index contributed by atoms with van der Waals surface area (Å²) in [5, 5.41) is 3.51. The van der Waals surface area contributed by atoms with E-state index < -0.39 is 0 Å². The lowest BCUT2D eigenvalue weighted by Gasteiger charge is -2.22. The van der Waals surface area contributed by atoms with Crippen LogP contribution in [0.5, 0.6) is 5.75 Å². The molecular weight excluding hydrogens is 262 g/mol. The Morgan fingerprint density at radius 1 is 1.19 bits per heavy atom. The molecule has 1 atom stereocenters. The summed E-state index contributed by atoms with van der Waals surface area (Å²) in [7, 11) is 1.74. The number of benzene rings is 1. The van der Waals surface area contributed by atoms with Gasteiger partial charge < -0.3 is 14.8 Å². The van der Waals surface area contributed by atoms with E-state index in [9.17, 15) is 0 Å². The first-order chi connectivity index (χ1) is 9.96. The van der Waals surface area contributed by atoms with Gasteiger partial charge >= 0.3 is 0 Å². The Bertz CT molecular complexity index is 387. The first-order valence-corrected chi connectivity index (χ1v) is 7.97. The molecule has 0 aromatic heterocycles. The molecule has 0 aliphatic heterocycles. The second-order valence-electron chi connectivity index (χ2n) is 6.27. The van der Waals surface area contributed by atoms with Gasteiger partial charge in [-0.15, -0.1) is 0 Å². The van der Waals surface area contributed by atoms with Crippen LogP contribution in [0.2, 0.25) is 0 Å². The SMILES string of the molecule is CCCNC(C)Cc1ccc(OCCC(C)(C)OC)cc1. The van der Waals surface area contributed by atoms with Crippen LogP contribution >= 0.6 is 0 Å². The van der Waals surface area contributed by atoms with E-state index in [1.54, 1.807) is 7.11 Å². The van der Waals surface area contributed by atoms with E-state index >= 15 is 0 Å². The fraction of sp³-hybridized carbons (Fsp3) is 0.667. The minimum atomic E-state index is -0.125. The first-order valence-electron chi connectivity index (χ1n) is 7.97. The Hall–Kier alpha value is -1.06. The van der Waals surface area contributed by atoms with Crippen molar-refractivity contribution in [3.05, 3.63) is 29.8 Å². The largest absolute Gasteiger partial charge is 0.493 e. The number of ether oxygens (including phenoxy) is 2. The molecule has 1 aromatic rings. The number of methoxy groups -OCH3 is 1. The molecule has 0 radical (unpaired) electrons. The maximum absolute atomic E-state index is 5.77. The van der Waals surface area contributed by atoms with Gasteiger partial charge in [-0.3, -0.25) is 0 Å². The molecule has 0 saturated carbocycles. The highest BCUT2D eigenvalue weighted by atomic mass is 16.5. The quantitative estimate of drug-likeness (QED) is 0.711. The van der Waals surface area contributed by atoms with Crippen LogP contribution in [0, 0.1) is 0 Å². The van der Waals surface area contributed by atoms with Crippen molar-refractivity contribution in [1.29, 1.82) is 0 Å². The highest BCUT2D eigenvalue weighted by Crippen LogP contribution is 2.17. The molecule has 0 amide bonds. The highest BCUT2D eigenvalue weighted by Gasteiger charge is 2.15. The van der Waals surface area contributed by atoms with Crippen molar-refractivity contribution in [3.8, 4) is 5.75 Å². The monoisotopic (exact) mass is 293 g/mol. The molecule has 0 fully saturated rings. The van der Waals surface area contributed by atoms with Crippen LogP contribution in [0.15, 0.2) is 24.3 Å². The Balaban J connectivity index is 2.36. The second kappa shape index (κ2) is 9.06. The van der Waals surface area contributed by atoms with Gasteiger partial charge in [0.15, 0.2) is 0 Å². The molecular formula is C18H31NO2. The highest BCUT2D eigenvalue weighted by molar-refractivity contribution is 5.27. The summed E-state index contributed by atoms with van der Waals surface area (Å²) >= 11 is 0. The molecule has 0 heterocycles. The number of hydrogen-bond acceptors (Lipinski definition) is 3. The minimum Gasteiger partial charge on any atom is -0.493 e. The van der Waals surface area contributed by atoms with Crippen molar-refractivity contribution in [1.82, 2.24) is 5.32 Å². The van der Waals surface area contributed by atoms with Gasteiger partial charge in [0.25, 0.3) is 0 Å². The van der Waals surface area contributed by atoms with E-state index in [0.29, 0.717) is 12.6 Å². The van der Waals surface area contributed by atoms with Crippen LogP contribution in [0.3, 0.4) is 0 Å². The normalized spacial score (nSPS) is 13.2. The predicted molar refractivity (Wildman–Crippen MR) is 89.1 cm³/mol. The molecule has 0 aliphatic rings. The summed E-state index contributed by atoms with van der Waals surface area (Å²) in [5.41, 5.74) is 1.22. The molecule has 0 spiro atoms. The Morgan fingerprint density at radius 3 is 2.43 bits per heavy atom. The average molecular weight is 293 g/mol. The molecule has 120 valence electrons. The van der Waals surface area contributed by atoms with Gasteiger partial charge in [0.2, 0.25) is 0 Å². The average Bonchev–Trinajstić information content (AvgIpc) is 2.47. The van der Waals surface area contributed by atoms with E-state index in [4.69, 9.17) is 9.47 Å². The lowest BCUT2D eigenvalue weighted by Crippen LogP contribution is -2.28. The lowest BCUT2D eigenvalue weighted by atomic mass is 10.1. The summed E-state index contributed by atoms with van der Waals surface area (Å²) in [5.74, 6) is 0.930. The van der Waals surface area contributed by atoms with E-state index in [0.717, 1.165) is 25.1 Å². The number of nitrogens with one attached hydrogen (secondary N) is 1. The molecule has 1 rings (SSSR count). The van der Waals surface area contributed by atoms with Crippen LogP contribution in [-0.4, -0.2) is 31.9 Å². The summed E-state index contributed by atoms with van der Waals surface area (Å²) in [6.07, 6.45) is 3.11. The molecule has 3 nitrogen and oxygen atoms in total. The number of hydrogen-bond donors (Lipinski definition) is 1. The van der Waals surface area contributed by atoms with Crippen LogP contribution < -0.4 is 10.1 Å². The second-order valence-corrected chi connectivity index (χ2v) is 6.27. The van der Waals surface area contributed by atoms with Crippen LogP contribution in [0.4, 0.5) is 0 Å². The topological polar surface area (TPSA) is 30.5 Å². The molecule has 1 N–H and O–H groups in total. The third kappa shape index (κ3) is 7.49. The maximum atomic E-state index is 5.77. The lowest BCUT2D eigenvalue weighted by molar-refractivity contribution is 0.00545.